The van der Waals surface area contributed by atoms with Crippen molar-refractivity contribution in [3.8, 4) is 0 Å². The van der Waals surface area contributed by atoms with E-state index in [1.807, 2.05) is 0 Å². The van der Waals surface area contributed by atoms with E-state index in [9.17, 15) is 24.0 Å². The number of esters is 1. The number of nitrogens with zero attached hydrogens (tertiary/aromatic N) is 1. The normalized spacial score (nSPS) is 13.0. The van der Waals surface area contributed by atoms with Crippen LogP contribution in [0.25, 0.3) is 0 Å². The number of carbonyl (C=O) groups excluding carboxylic acids is 5. The Morgan fingerprint density at radius 1 is 1.09 bits per heavy atom. The van der Waals surface area contributed by atoms with Crippen LogP contribution in [0, 0.1) is 0 Å². The van der Waals surface area contributed by atoms with Crippen LogP contribution in [-0.4, -0.2) is 61.8 Å². The van der Waals surface area contributed by atoms with Crippen LogP contribution in [0.2, 0.25) is 4.34 Å². The second-order valence-electron chi connectivity index (χ2n) is 10.9. The van der Waals surface area contributed by atoms with Crippen molar-refractivity contribution in [3.05, 3.63) is 87.1 Å². The minimum atomic E-state index is -0.825. The highest BCUT2D eigenvalue weighted by Gasteiger charge is 2.26. The van der Waals surface area contributed by atoms with Crippen LogP contribution in [0.15, 0.2) is 61.2 Å². The summed E-state index contributed by atoms with van der Waals surface area (Å²) in [6, 6.07) is 12.4. The number of carbonyl (C=O) groups is 5. The molecule has 0 radical (unpaired) electrons. The first kappa shape index (κ1) is 34.2. The highest BCUT2D eigenvalue weighted by molar-refractivity contribution is 7.18. The van der Waals surface area contributed by atoms with Crippen molar-refractivity contribution in [3.63, 3.8) is 0 Å². The Bertz CT molecular complexity index is 1670. The molecule has 2 aromatic carbocycles. The van der Waals surface area contributed by atoms with Crippen LogP contribution >= 0.6 is 22.9 Å². The van der Waals surface area contributed by atoms with Crippen molar-refractivity contribution in [1.29, 1.82) is 0 Å². The van der Waals surface area contributed by atoms with Gasteiger partial charge < -0.3 is 29.7 Å². The van der Waals surface area contributed by atoms with Crippen molar-refractivity contribution < 1.29 is 38.2 Å². The Labute approximate surface area is 274 Å². The molecule has 0 unspecified atom stereocenters. The van der Waals surface area contributed by atoms with E-state index >= 15 is 0 Å². The lowest BCUT2D eigenvalue weighted by Gasteiger charge is -2.29. The number of hydrogen-bond donors (Lipinski definition) is 3. The number of para-hydroxylation sites is 1. The number of morpholine rings is 1. The van der Waals surface area contributed by atoms with Gasteiger partial charge in [-0.25, -0.2) is 9.59 Å². The smallest absolute Gasteiger partial charge is 0.412 e. The van der Waals surface area contributed by atoms with E-state index in [1.54, 1.807) is 45.0 Å². The number of anilines is 3. The summed E-state index contributed by atoms with van der Waals surface area (Å²) in [7, 11) is 0. The molecule has 4 rings (SSSR count). The van der Waals surface area contributed by atoms with Gasteiger partial charge in [0.25, 0.3) is 17.7 Å². The molecule has 0 bridgehead atoms. The van der Waals surface area contributed by atoms with E-state index < -0.39 is 23.6 Å². The van der Waals surface area contributed by atoms with Crippen LogP contribution in [0.3, 0.4) is 0 Å². The number of rotatable bonds is 10. The maximum absolute atomic E-state index is 13.7. The molecule has 0 atom stereocenters. The maximum Gasteiger partial charge on any atom is 0.412 e. The number of benzene rings is 2. The topological polar surface area (TPSA) is 152 Å². The summed E-state index contributed by atoms with van der Waals surface area (Å²) in [6.07, 6.45) is 0.577. The van der Waals surface area contributed by atoms with E-state index in [4.69, 9.17) is 25.8 Å². The molecule has 0 aliphatic carbocycles. The van der Waals surface area contributed by atoms with E-state index in [0.717, 1.165) is 11.3 Å². The average molecular weight is 669 g/mol. The molecule has 14 heteroatoms. The van der Waals surface area contributed by atoms with E-state index in [2.05, 4.69) is 22.5 Å². The Balaban J connectivity index is 1.68. The van der Waals surface area contributed by atoms with Gasteiger partial charge in [0, 0.05) is 18.7 Å². The van der Waals surface area contributed by atoms with Crippen molar-refractivity contribution in [1.82, 2.24) is 5.32 Å². The van der Waals surface area contributed by atoms with Gasteiger partial charge in [0.2, 0.25) is 0 Å². The molecule has 3 aromatic rings. The number of halogens is 1. The quantitative estimate of drug-likeness (QED) is 0.186. The Hall–Kier alpha value is -4.72. The Morgan fingerprint density at radius 3 is 2.54 bits per heavy atom. The van der Waals surface area contributed by atoms with Crippen molar-refractivity contribution in [2.24, 2.45) is 0 Å². The SMILES string of the molecule is C=CCOC(=O)Nc1cc(C(=O)Nc2c(CNC(=O)c3ccc(Cl)s3)cccc2C(=O)OC(C)(C)C)ccc1N1CCOCC1=O. The first-order valence-corrected chi connectivity index (χ1v) is 15.3. The van der Waals surface area contributed by atoms with Gasteiger partial charge in [-0.2, -0.15) is 0 Å². The van der Waals surface area contributed by atoms with Crippen molar-refractivity contribution in [2.45, 2.75) is 32.9 Å². The second kappa shape index (κ2) is 15.0. The number of amides is 4. The highest BCUT2D eigenvalue weighted by Crippen LogP contribution is 2.31. The number of ether oxygens (including phenoxy) is 3. The van der Waals surface area contributed by atoms with E-state index in [-0.39, 0.29) is 67.2 Å². The first-order valence-electron chi connectivity index (χ1n) is 14.1. The molecule has 4 amide bonds. The van der Waals surface area contributed by atoms with Crippen LogP contribution in [-0.2, 0) is 25.5 Å². The molecule has 0 spiro atoms. The lowest BCUT2D eigenvalue weighted by molar-refractivity contribution is -0.125. The lowest BCUT2D eigenvalue weighted by atomic mass is 10.0. The summed E-state index contributed by atoms with van der Waals surface area (Å²) in [5.74, 6) is -2.04. The van der Waals surface area contributed by atoms with Crippen LogP contribution in [0.5, 0.6) is 0 Å². The van der Waals surface area contributed by atoms with Crippen molar-refractivity contribution in [2.75, 3.05) is 41.9 Å². The second-order valence-corrected chi connectivity index (χ2v) is 12.6. The molecule has 1 aliphatic rings. The number of nitrogens with one attached hydrogen (secondary N) is 3. The molecule has 0 saturated carbocycles. The highest BCUT2D eigenvalue weighted by atomic mass is 35.5. The third-order valence-corrected chi connectivity index (χ3v) is 7.58. The molecule has 2 heterocycles. The zero-order chi connectivity index (χ0) is 33.4. The van der Waals surface area contributed by atoms with Gasteiger partial charge in [-0.05, 0) is 62.7 Å². The van der Waals surface area contributed by atoms with Crippen molar-refractivity contribution >= 4 is 69.8 Å². The van der Waals surface area contributed by atoms with Gasteiger partial charge in [0.1, 0.15) is 18.8 Å². The molecule has 1 fully saturated rings. The predicted molar refractivity (Wildman–Crippen MR) is 175 cm³/mol. The van der Waals surface area contributed by atoms with Crippen LogP contribution in [0.1, 0.15) is 56.7 Å². The Morgan fingerprint density at radius 2 is 1.87 bits per heavy atom. The van der Waals surface area contributed by atoms with E-state index in [1.165, 1.54) is 35.2 Å². The summed E-state index contributed by atoms with van der Waals surface area (Å²) in [5.41, 5.74) is 0.357. The van der Waals surface area contributed by atoms with Gasteiger partial charge in [0.15, 0.2) is 0 Å². The third-order valence-electron chi connectivity index (χ3n) is 6.35. The van der Waals surface area contributed by atoms with Gasteiger partial charge >= 0.3 is 12.1 Å². The summed E-state index contributed by atoms with van der Waals surface area (Å²) in [6.45, 7) is 8.95. The fourth-order valence-electron chi connectivity index (χ4n) is 4.35. The molecular formula is C32H33ClN4O8S. The minimum absolute atomic E-state index is 0.0410. The Kier molecular flexibility index (Phi) is 11.2. The summed E-state index contributed by atoms with van der Waals surface area (Å²) < 4.78 is 16.3. The standard InChI is InChI=1S/C32H33ClN4O8S/c1-5-14-44-31(42)35-22-16-19(9-10-23(22)37-13-15-43-18-26(37)38)28(39)36-27-20(17-34-29(40)24-11-12-25(33)46-24)7-6-8-21(27)30(41)45-32(2,3)4/h5-12,16H,1,13-15,17-18H2,2-4H3,(H,34,40)(H,35,42)(H,36,39). The monoisotopic (exact) mass is 668 g/mol. The molecule has 242 valence electrons. The minimum Gasteiger partial charge on any atom is -0.456 e. The zero-order valence-electron chi connectivity index (χ0n) is 25.4. The van der Waals surface area contributed by atoms with E-state index in [0.29, 0.717) is 20.5 Å². The first-order chi connectivity index (χ1) is 21.9. The fraction of sp³-hybridized carbons (Fsp3) is 0.281. The van der Waals surface area contributed by atoms with Gasteiger partial charge in [-0.1, -0.05) is 36.4 Å². The zero-order valence-corrected chi connectivity index (χ0v) is 27.0. The van der Waals surface area contributed by atoms with Gasteiger partial charge in [0.05, 0.1) is 38.4 Å². The largest absolute Gasteiger partial charge is 0.456 e. The summed E-state index contributed by atoms with van der Waals surface area (Å²) >= 11 is 7.09. The van der Waals surface area contributed by atoms with Crippen LogP contribution < -0.4 is 20.9 Å². The number of thiophene rings is 1. The van der Waals surface area contributed by atoms with Gasteiger partial charge in [-0.3, -0.25) is 19.7 Å². The molecule has 1 saturated heterocycles. The maximum atomic E-state index is 13.7. The molecule has 46 heavy (non-hydrogen) atoms. The third kappa shape index (κ3) is 8.93. The lowest BCUT2D eigenvalue weighted by Crippen LogP contribution is -2.42. The molecular weight excluding hydrogens is 636 g/mol. The average Bonchev–Trinajstić information content (AvgIpc) is 3.45. The number of hydrogen-bond acceptors (Lipinski definition) is 9. The predicted octanol–water partition coefficient (Wildman–Crippen LogP) is 5.64. The molecule has 3 N–H and O–H groups in total. The molecule has 1 aliphatic heterocycles. The molecule has 1 aromatic heterocycles. The fourth-order valence-corrected chi connectivity index (χ4v) is 5.31. The van der Waals surface area contributed by atoms with Crippen LogP contribution in [0.4, 0.5) is 21.9 Å². The summed E-state index contributed by atoms with van der Waals surface area (Å²) in [5, 5.41) is 8.16. The van der Waals surface area contributed by atoms with Gasteiger partial charge in [-0.15, -0.1) is 11.3 Å². The summed E-state index contributed by atoms with van der Waals surface area (Å²) in [4.78, 5) is 66.6. The molecule has 12 nitrogen and oxygen atoms in total.